The number of benzene rings is 1. The average molecular weight is 316 g/mol. The lowest BCUT2D eigenvalue weighted by atomic mass is 10.3. The summed E-state index contributed by atoms with van der Waals surface area (Å²) in [4.78, 5) is 0. The minimum atomic E-state index is -0.550. The highest BCUT2D eigenvalue weighted by Crippen LogP contribution is 2.29. The summed E-state index contributed by atoms with van der Waals surface area (Å²) < 4.78 is 23.6. The second-order valence-corrected chi connectivity index (χ2v) is 3.79. The molecule has 13 heavy (non-hydrogen) atoms. The maximum Gasteiger partial charge on any atom is 0.188 e. The molecule has 0 spiro atoms. The monoisotopic (exact) mass is 316 g/mol. The Morgan fingerprint density at radius 1 is 1.54 bits per heavy atom. The van der Waals surface area contributed by atoms with E-state index in [1.54, 1.807) is 6.07 Å². The zero-order valence-corrected chi connectivity index (χ0v) is 9.73. The minimum absolute atomic E-state index is 0.00721. The molecular weight excluding hydrogens is 309 g/mol. The Bertz CT molecular complexity index is 306. The average Bonchev–Trinajstić information content (AvgIpc) is 2.12. The van der Waals surface area contributed by atoms with Crippen molar-refractivity contribution in [2.24, 2.45) is 0 Å². The molecule has 72 valence electrons. The molecule has 1 aromatic rings. The summed E-state index contributed by atoms with van der Waals surface area (Å²) in [5, 5.41) is 0.0477. The molecule has 5 heteroatoms. The van der Waals surface area contributed by atoms with E-state index in [0.29, 0.717) is 3.57 Å². The second-order valence-electron chi connectivity index (χ2n) is 2.22. The van der Waals surface area contributed by atoms with Gasteiger partial charge in [-0.05, 0) is 34.7 Å². The number of halogens is 3. The third kappa shape index (κ3) is 2.69. The van der Waals surface area contributed by atoms with Gasteiger partial charge in [0.1, 0.15) is 0 Å². The van der Waals surface area contributed by atoms with E-state index >= 15 is 0 Å². The predicted molar refractivity (Wildman–Crippen MR) is 56.6 cm³/mol. The Morgan fingerprint density at radius 2 is 2.23 bits per heavy atom. The molecule has 0 aromatic heterocycles. The summed E-state index contributed by atoms with van der Waals surface area (Å²) in [7, 11) is 1.47. The highest BCUT2D eigenvalue weighted by atomic mass is 127. The van der Waals surface area contributed by atoms with E-state index in [1.165, 1.54) is 13.2 Å². The third-order valence-electron chi connectivity index (χ3n) is 1.32. The summed E-state index contributed by atoms with van der Waals surface area (Å²) in [5.74, 6) is -0.416. The maximum atomic E-state index is 13.3. The van der Waals surface area contributed by atoms with Gasteiger partial charge in [-0.15, -0.1) is 0 Å². The van der Waals surface area contributed by atoms with Gasteiger partial charge in [-0.3, -0.25) is 0 Å². The molecule has 1 rings (SSSR count). The zero-order chi connectivity index (χ0) is 9.84. The standard InChI is InChI=1S/C8H7ClFIO2/c1-12-4-13-8-6(11)3-2-5(9)7(8)10/h2-3H,4H2,1H3. The van der Waals surface area contributed by atoms with Crippen molar-refractivity contribution in [1.82, 2.24) is 0 Å². The Hall–Kier alpha value is -0.0700. The smallest absolute Gasteiger partial charge is 0.188 e. The first-order valence-electron chi connectivity index (χ1n) is 3.42. The van der Waals surface area contributed by atoms with Crippen LogP contribution < -0.4 is 4.74 Å². The number of hydrogen-bond acceptors (Lipinski definition) is 2. The fourth-order valence-corrected chi connectivity index (χ4v) is 1.48. The molecule has 1 aromatic carbocycles. The molecule has 2 nitrogen and oxygen atoms in total. The second kappa shape index (κ2) is 4.97. The van der Waals surface area contributed by atoms with Crippen molar-refractivity contribution in [2.45, 2.75) is 0 Å². The first-order valence-corrected chi connectivity index (χ1v) is 4.87. The van der Waals surface area contributed by atoms with Crippen LogP contribution in [0, 0.1) is 9.39 Å². The molecule has 0 radical (unpaired) electrons. The van der Waals surface area contributed by atoms with Crippen LogP contribution in [0.1, 0.15) is 0 Å². The topological polar surface area (TPSA) is 18.5 Å². The fraction of sp³-hybridized carbons (Fsp3) is 0.250. The van der Waals surface area contributed by atoms with Gasteiger partial charge in [-0.1, -0.05) is 11.6 Å². The SMILES string of the molecule is COCOc1c(I)ccc(Cl)c1F. The number of hydrogen-bond donors (Lipinski definition) is 0. The number of rotatable bonds is 3. The maximum absolute atomic E-state index is 13.3. The molecule has 0 amide bonds. The molecule has 0 fully saturated rings. The third-order valence-corrected chi connectivity index (χ3v) is 2.46. The predicted octanol–water partition coefficient (Wildman–Crippen LogP) is 3.07. The number of methoxy groups -OCH3 is 1. The molecule has 0 saturated heterocycles. The summed E-state index contributed by atoms with van der Waals surface area (Å²) in [6, 6.07) is 3.16. The Balaban J connectivity index is 2.96. The summed E-state index contributed by atoms with van der Waals surface area (Å²) in [6.45, 7) is 0.00721. The zero-order valence-electron chi connectivity index (χ0n) is 6.81. The van der Waals surface area contributed by atoms with Gasteiger partial charge in [0.05, 0.1) is 8.59 Å². The van der Waals surface area contributed by atoms with Crippen LogP contribution in [0.5, 0.6) is 5.75 Å². The molecule has 0 bridgehead atoms. The molecule has 0 saturated carbocycles. The van der Waals surface area contributed by atoms with E-state index in [9.17, 15) is 4.39 Å². The van der Waals surface area contributed by atoms with Crippen LogP contribution in [0.2, 0.25) is 5.02 Å². The lowest BCUT2D eigenvalue weighted by Gasteiger charge is -2.08. The van der Waals surface area contributed by atoms with Gasteiger partial charge in [0.15, 0.2) is 18.4 Å². The molecule has 0 aliphatic heterocycles. The van der Waals surface area contributed by atoms with Crippen LogP contribution in [0.4, 0.5) is 4.39 Å². The summed E-state index contributed by atoms with van der Waals surface area (Å²) in [5.41, 5.74) is 0. The Morgan fingerprint density at radius 3 is 2.85 bits per heavy atom. The van der Waals surface area contributed by atoms with E-state index in [-0.39, 0.29) is 17.6 Å². The van der Waals surface area contributed by atoms with Gasteiger partial charge in [0.2, 0.25) is 0 Å². The Labute approximate surface area is 94.1 Å². The van der Waals surface area contributed by atoms with Crippen molar-refractivity contribution in [3.05, 3.63) is 26.5 Å². The quantitative estimate of drug-likeness (QED) is 0.485. The van der Waals surface area contributed by atoms with E-state index in [4.69, 9.17) is 16.3 Å². The van der Waals surface area contributed by atoms with Gasteiger partial charge in [0.25, 0.3) is 0 Å². The number of ether oxygens (including phenoxy) is 2. The highest BCUT2D eigenvalue weighted by molar-refractivity contribution is 14.1. The van der Waals surface area contributed by atoms with Gasteiger partial charge in [-0.25, -0.2) is 4.39 Å². The van der Waals surface area contributed by atoms with Gasteiger partial charge in [-0.2, -0.15) is 0 Å². The lowest BCUT2D eigenvalue weighted by Crippen LogP contribution is -2.02. The molecule has 0 atom stereocenters. The summed E-state index contributed by atoms with van der Waals surface area (Å²) in [6.07, 6.45) is 0. The van der Waals surface area contributed by atoms with Gasteiger partial charge < -0.3 is 9.47 Å². The van der Waals surface area contributed by atoms with Gasteiger partial charge in [0, 0.05) is 7.11 Å². The van der Waals surface area contributed by atoms with Crippen molar-refractivity contribution in [3.8, 4) is 5.75 Å². The first kappa shape index (κ1) is 11.0. The van der Waals surface area contributed by atoms with E-state index < -0.39 is 5.82 Å². The molecule has 0 aliphatic rings. The highest BCUT2D eigenvalue weighted by Gasteiger charge is 2.11. The van der Waals surface area contributed by atoms with Crippen LogP contribution in [0.25, 0.3) is 0 Å². The van der Waals surface area contributed by atoms with Crippen molar-refractivity contribution in [2.75, 3.05) is 13.9 Å². The molecule has 0 N–H and O–H groups in total. The van der Waals surface area contributed by atoms with E-state index in [0.717, 1.165) is 0 Å². The largest absolute Gasteiger partial charge is 0.463 e. The van der Waals surface area contributed by atoms with Crippen LogP contribution in [0.3, 0.4) is 0 Å². The lowest BCUT2D eigenvalue weighted by molar-refractivity contribution is 0.0476. The van der Waals surface area contributed by atoms with Crippen LogP contribution in [-0.4, -0.2) is 13.9 Å². The normalized spacial score (nSPS) is 10.2. The van der Waals surface area contributed by atoms with Crippen molar-refractivity contribution >= 4 is 34.2 Å². The molecule has 0 aliphatic carbocycles. The van der Waals surface area contributed by atoms with Crippen molar-refractivity contribution < 1.29 is 13.9 Å². The van der Waals surface area contributed by atoms with Gasteiger partial charge >= 0.3 is 0 Å². The van der Waals surface area contributed by atoms with Crippen molar-refractivity contribution in [3.63, 3.8) is 0 Å². The molecular formula is C8H7ClFIO2. The minimum Gasteiger partial charge on any atom is -0.463 e. The summed E-state index contributed by atoms with van der Waals surface area (Å²) >= 11 is 7.53. The van der Waals surface area contributed by atoms with E-state index in [1.807, 2.05) is 22.6 Å². The molecule has 0 unspecified atom stereocenters. The van der Waals surface area contributed by atoms with Crippen LogP contribution >= 0.6 is 34.2 Å². The fourth-order valence-electron chi connectivity index (χ4n) is 0.759. The van der Waals surface area contributed by atoms with Crippen LogP contribution in [-0.2, 0) is 4.74 Å². The Kier molecular flexibility index (Phi) is 4.21. The van der Waals surface area contributed by atoms with Crippen molar-refractivity contribution in [1.29, 1.82) is 0 Å². The first-order chi connectivity index (χ1) is 6.16. The molecule has 0 heterocycles. The van der Waals surface area contributed by atoms with E-state index in [2.05, 4.69) is 4.74 Å². The van der Waals surface area contributed by atoms with Crippen LogP contribution in [0.15, 0.2) is 12.1 Å².